The summed E-state index contributed by atoms with van der Waals surface area (Å²) in [4.78, 5) is 0. The highest BCUT2D eigenvalue weighted by Crippen LogP contribution is 2.31. The Hall–Kier alpha value is -1.00. The Morgan fingerprint density at radius 1 is 1.11 bits per heavy atom. The molecular weight excluding hydrogens is 250 g/mol. The zero-order chi connectivity index (χ0) is 13.9. The third-order valence-corrected chi connectivity index (χ3v) is 4.02. The van der Waals surface area contributed by atoms with Gasteiger partial charge in [0.25, 0.3) is 0 Å². The molecule has 4 heteroatoms. The normalized spacial score (nSPS) is 20.8. The number of rotatable bonds is 3. The minimum Gasteiger partial charge on any atom is -0.390 e. The molecule has 1 aliphatic carbocycles. The fraction of sp³-hybridized carbons (Fsp3) is 0.600. The van der Waals surface area contributed by atoms with Crippen LogP contribution in [0.4, 0.5) is 8.78 Å². The fourth-order valence-corrected chi connectivity index (χ4v) is 2.76. The maximum absolute atomic E-state index is 13.6. The first-order valence-electron chi connectivity index (χ1n) is 6.86. The van der Waals surface area contributed by atoms with E-state index >= 15 is 0 Å². The van der Waals surface area contributed by atoms with Crippen LogP contribution in [0.3, 0.4) is 0 Å². The minimum absolute atomic E-state index is 0.0165. The van der Waals surface area contributed by atoms with Crippen LogP contribution in [-0.4, -0.2) is 21.9 Å². The van der Waals surface area contributed by atoms with Gasteiger partial charge in [-0.2, -0.15) is 0 Å². The van der Waals surface area contributed by atoms with Crippen molar-refractivity contribution in [2.75, 3.05) is 0 Å². The fourth-order valence-electron chi connectivity index (χ4n) is 2.76. The van der Waals surface area contributed by atoms with Gasteiger partial charge in [-0.05, 0) is 24.5 Å². The molecule has 1 saturated carbocycles. The molecule has 1 atom stereocenters. The van der Waals surface area contributed by atoms with Crippen LogP contribution in [0, 0.1) is 11.6 Å². The van der Waals surface area contributed by atoms with Gasteiger partial charge in [-0.3, -0.25) is 0 Å². The third-order valence-electron chi connectivity index (χ3n) is 4.02. The Morgan fingerprint density at radius 3 is 2.32 bits per heavy atom. The average Bonchev–Trinajstić information content (AvgIpc) is 2.58. The van der Waals surface area contributed by atoms with Crippen LogP contribution in [-0.2, 0) is 6.42 Å². The minimum atomic E-state index is -1.14. The molecule has 1 fully saturated rings. The van der Waals surface area contributed by atoms with Crippen LogP contribution in [0.5, 0.6) is 0 Å². The largest absolute Gasteiger partial charge is 0.390 e. The Balaban J connectivity index is 2.08. The summed E-state index contributed by atoms with van der Waals surface area (Å²) in [6.07, 6.45) is 3.95. The molecule has 0 saturated heterocycles. The summed E-state index contributed by atoms with van der Waals surface area (Å²) in [5.74, 6) is -1.31. The number of benzene rings is 1. The predicted octanol–water partition coefficient (Wildman–Crippen LogP) is 2.95. The van der Waals surface area contributed by atoms with Crippen molar-refractivity contribution in [2.45, 2.75) is 56.7 Å². The molecule has 106 valence electrons. The van der Waals surface area contributed by atoms with Crippen molar-refractivity contribution in [1.82, 2.24) is 0 Å². The molecule has 0 heterocycles. The van der Waals surface area contributed by atoms with Crippen molar-refractivity contribution < 1.29 is 19.0 Å². The van der Waals surface area contributed by atoms with E-state index in [4.69, 9.17) is 0 Å². The van der Waals surface area contributed by atoms with Gasteiger partial charge in [0.1, 0.15) is 11.6 Å². The van der Waals surface area contributed by atoms with Gasteiger partial charge in [-0.1, -0.05) is 31.7 Å². The highest BCUT2D eigenvalue weighted by molar-refractivity contribution is 5.20. The van der Waals surface area contributed by atoms with Crippen LogP contribution >= 0.6 is 0 Å². The lowest BCUT2D eigenvalue weighted by Gasteiger charge is -2.32. The van der Waals surface area contributed by atoms with Gasteiger partial charge in [0, 0.05) is 12.5 Å². The van der Waals surface area contributed by atoms with E-state index in [1.807, 2.05) is 0 Å². The zero-order valence-corrected chi connectivity index (χ0v) is 10.9. The van der Waals surface area contributed by atoms with Gasteiger partial charge in [-0.15, -0.1) is 0 Å². The second kappa shape index (κ2) is 5.97. The van der Waals surface area contributed by atoms with Crippen molar-refractivity contribution in [2.24, 2.45) is 0 Å². The molecule has 0 aliphatic heterocycles. The molecule has 0 aromatic heterocycles. The zero-order valence-electron chi connectivity index (χ0n) is 10.9. The molecule has 0 radical (unpaired) electrons. The first kappa shape index (κ1) is 14.4. The van der Waals surface area contributed by atoms with Crippen LogP contribution in [0.15, 0.2) is 18.2 Å². The van der Waals surface area contributed by atoms with E-state index in [1.54, 1.807) is 0 Å². The van der Waals surface area contributed by atoms with Gasteiger partial charge >= 0.3 is 0 Å². The number of halogens is 2. The molecule has 1 aromatic rings. The molecule has 0 amide bonds. The molecular formula is C15H20F2O2. The topological polar surface area (TPSA) is 40.5 Å². The van der Waals surface area contributed by atoms with E-state index in [-0.39, 0.29) is 12.0 Å². The molecule has 0 spiro atoms. The summed E-state index contributed by atoms with van der Waals surface area (Å²) in [6.45, 7) is 0. The second-order valence-electron chi connectivity index (χ2n) is 5.47. The average molecular weight is 270 g/mol. The van der Waals surface area contributed by atoms with E-state index in [0.29, 0.717) is 12.8 Å². The Labute approximate surface area is 112 Å². The van der Waals surface area contributed by atoms with Crippen LogP contribution < -0.4 is 0 Å². The van der Waals surface area contributed by atoms with Gasteiger partial charge < -0.3 is 10.2 Å². The lowest BCUT2D eigenvalue weighted by Crippen LogP contribution is -2.43. The van der Waals surface area contributed by atoms with Crippen molar-refractivity contribution in [3.8, 4) is 0 Å². The molecule has 1 aliphatic rings. The van der Waals surface area contributed by atoms with E-state index in [2.05, 4.69) is 0 Å². The predicted molar refractivity (Wildman–Crippen MR) is 68.7 cm³/mol. The van der Waals surface area contributed by atoms with Crippen molar-refractivity contribution in [1.29, 1.82) is 0 Å². The molecule has 2 nitrogen and oxygen atoms in total. The summed E-state index contributed by atoms with van der Waals surface area (Å²) in [5.41, 5.74) is -0.899. The third kappa shape index (κ3) is 3.51. The van der Waals surface area contributed by atoms with Crippen LogP contribution in [0.25, 0.3) is 0 Å². The smallest absolute Gasteiger partial charge is 0.129 e. The molecule has 19 heavy (non-hydrogen) atoms. The monoisotopic (exact) mass is 270 g/mol. The van der Waals surface area contributed by atoms with Crippen molar-refractivity contribution in [3.05, 3.63) is 35.4 Å². The molecule has 1 unspecified atom stereocenters. The Morgan fingerprint density at radius 2 is 1.74 bits per heavy atom. The standard InChI is InChI=1S/C15H20F2O2/c16-12-6-5-11(13(17)10-12)9-14(18)15(19)7-3-1-2-4-8-15/h5-6,10,14,18-19H,1-4,7-9H2. The Bertz CT molecular complexity index is 426. The SMILES string of the molecule is OC(Cc1ccc(F)cc1F)C1(O)CCCCCC1. The number of hydrogen-bond acceptors (Lipinski definition) is 2. The summed E-state index contributed by atoms with van der Waals surface area (Å²) < 4.78 is 26.4. The second-order valence-corrected chi connectivity index (χ2v) is 5.47. The first-order valence-corrected chi connectivity index (χ1v) is 6.86. The van der Waals surface area contributed by atoms with Gasteiger partial charge in [-0.25, -0.2) is 8.78 Å². The number of aliphatic hydroxyl groups is 2. The van der Waals surface area contributed by atoms with Crippen LogP contribution in [0.2, 0.25) is 0 Å². The highest BCUT2D eigenvalue weighted by atomic mass is 19.1. The van der Waals surface area contributed by atoms with Crippen molar-refractivity contribution in [3.63, 3.8) is 0 Å². The van der Waals surface area contributed by atoms with Gasteiger partial charge in [0.2, 0.25) is 0 Å². The summed E-state index contributed by atoms with van der Waals surface area (Å²) in [5, 5.41) is 20.7. The molecule has 1 aromatic carbocycles. The highest BCUT2D eigenvalue weighted by Gasteiger charge is 2.36. The number of aliphatic hydroxyl groups excluding tert-OH is 1. The van der Waals surface area contributed by atoms with E-state index < -0.39 is 23.3 Å². The summed E-state index contributed by atoms with van der Waals surface area (Å²) in [6, 6.07) is 3.30. The van der Waals surface area contributed by atoms with E-state index in [0.717, 1.165) is 31.7 Å². The van der Waals surface area contributed by atoms with E-state index in [9.17, 15) is 19.0 Å². The van der Waals surface area contributed by atoms with E-state index in [1.165, 1.54) is 12.1 Å². The van der Waals surface area contributed by atoms with Gasteiger partial charge in [0.15, 0.2) is 0 Å². The Kier molecular flexibility index (Phi) is 4.53. The van der Waals surface area contributed by atoms with Crippen molar-refractivity contribution >= 4 is 0 Å². The maximum atomic E-state index is 13.6. The molecule has 2 N–H and O–H groups in total. The summed E-state index contributed by atoms with van der Waals surface area (Å²) in [7, 11) is 0. The number of hydrogen-bond donors (Lipinski definition) is 2. The molecule has 2 rings (SSSR count). The molecule has 0 bridgehead atoms. The first-order chi connectivity index (χ1) is 9.01. The quantitative estimate of drug-likeness (QED) is 0.829. The summed E-state index contributed by atoms with van der Waals surface area (Å²) >= 11 is 0. The van der Waals surface area contributed by atoms with Crippen LogP contribution in [0.1, 0.15) is 44.1 Å². The lowest BCUT2D eigenvalue weighted by atomic mass is 9.85. The lowest BCUT2D eigenvalue weighted by molar-refractivity contribution is -0.0839. The van der Waals surface area contributed by atoms with Gasteiger partial charge in [0.05, 0.1) is 11.7 Å². The maximum Gasteiger partial charge on any atom is 0.129 e.